The smallest absolute Gasteiger partial charge is 0.225 e. The van der Waals surface area contributed by atoms with Gasteiger partial charge in [0.05, 0.1) is 12.5 Å². The van der Waals surface area contributed by atoms with Crippen molar-refractivity contribution in [3.8, 4) is 5.75 Å². The van der Waals surface area contributed by atoms with Crippen LogP contribution in [0, 0.1) is 5.92 Å². The zero-order chi connectivity index (χ0) is 18.1. The molecule has 1 amide bonds. The Balaban J connectivity index is 1.87. The Hall–Kier alpha value is -2.33. The zero-order valence-electron chi connectivity index (χ0n) is 15.1. The summed E-state index contributed by atoms with van der Waals surface area (Å²) in [5, 5.41) is 2.97. The average molecular weight is 340 g/mol. The van der Waals surface area contributed by atoms with Crippen molar-refractivity contribution in [2.75, 3.05) is 6.61 Å². The quantitative estimate of drug-likeness (QED) is 0.682. The van der Waals surface area contributed by atoms with E-state index < -0.39 is 0 Å². The highest BCUT2D eigenvalue weighted by Crippen LogP contribution is 2.19. The van der Waals surface area contributed by atoms with E-state index in [-0.39, 0.29) is 17.9 Å². The van der Waals surface area contributed by atoms with E-state index in [0.29, 0.717) is 6.54 Å². The third-order valence-electron chi connectivity index (χ3n) is 4.27. The molecule has 134 valence electrons. The van der Waals surface area contributed by atoms with Gasteiger partial charge in [-0.1, -0.05) is 62.7 Å². The predicted octanol–water partition coefficient (Wildman–Crippen LogP) is 3.82. The van der Waals surface area contributed by atoms with E-state index in [1.54, 1.807) is 0 Å². The van der Waals surface area contributed by atoms with Crippen LogP contribution in [0.25, 0.3) is 0 Å². The first-order valence-electron chi connectivity index (χ1n) is 8.91. The Kier molecular flexibility index (Phi) is 7.48. The molecule has 0 saturated heterocycles. The van der Waals surface area contributed by atoms with Gasteiger partial charge in [0, 0.05) is 12.6 Å². The van der Waals surface area contributed by atoms with E-state index in [2.05, 4.69) is 12.2 Å². The van der Waals surface area contributed by atoms with Crippen LogP contribution >= 0.6 is 0 Å². The molecule has 0 aliphatic heterocycles. The van der Waals surface area contributed by atoms with Crippen molar-refractivity contribution in [1.29, 1.82) is 0 Å². The molecule has 2 aromatic carbocycles. The maximum Gasteiger partial charge on any atom is 0.225 e. The fraction of sp³-hybridized carbons (Fsp3) is 0.381. The third-order valence-corrected chi connectivity index (χ3v) is 4.27. The molecule has 0 aliphatic carbocycles. The Labute approximate surface area is 150 Å². The van der Waals surface area contributed by atoms with Gasteiger partial charge in [-0.05, 0) is 29.7 Å². The lowest BCUT2D eigenvalue weighted by atomic mass is 9.94. The SMILES string of the molecule is CCCCOc1cccc(CNC(=O)C(C)C(N)c2ccccc2)c1. The van der Waals surface area contributed by atoms with Crippen LogP contribution in [0.2, 0.25) is 0 Å². The molecule has 0 bridgehead atoms. The molecule has 3 N–H and O–H groups in total. The molecule has 0 spiro atoms. The van der Waals surface area contributed by atoms with E-state index in [9.17, 15) is 4.79 Å². The first-order chi connectivity index (χ1) is 12.1. The molecule has 0 saturated carbocycles. The number of hydrogen-bond acceptors (Lipinski definition) is 3. The topological polar surface area (TPSA) is 64.3 Å². The summed E-state index contributed by atoms with van der Waals surface area (Å²) in [6.07, 6.45) is 2.14. The number of carbonyl (C=O) groups is 1. The highest BCUT2D eigenvalue weighted by atomic mass is 16.5. The zero-order valence-corrected chi connectivity index (χ0v) is 15.1. The Morgan fingerprint density at radius 2 is 1.92 bits per heavy atom. The molecule has 0 aliphatic rings. The fourth-order valence-corrected chi connectivity index (χ4v) is 2.56. The van der Waals surface area contributed by atoms with Gasteiger partial charge in [0.2, 0.25) is 5.91 Å². The number of nitrogens with one attached hydrogen (secondary N) is 1. The number of carbonyl (C=O) groups excluding carboxylic acids is 1. The lowest BCUT2D eigenvalue weighted by molar-refractivity contribution is -0.125. The molecule has 2 atom stereocenters. The Morgan fingerprint density at radius 1 is 1.16 bits per heavy atom. The molecule has 4 heteroatoms. The normalized spacial score (nSPS) is 13.1. The van der Waals surface area contributed by atoms with Gasteiger partial charge in [-0.2, -0.15) is 0 Å². The summed E-state index contributed by atoms with van der Waals surface area (Å²) in [5.74, 6) is 0.495. The second-order valence-electron chi connectivity index (χ2n) is 6.29. The number of ether oxygens (including phenoxy) is 1. The van der Waals surface area contributed by atoms with Gasteiger partial charge >= 0.3 is 0 Å². The molecule has 4 nitrogen and oxygen atoms in total. The second-order valence-corrected chi connectivity index (χ2v) is 6.29. The molecule has 2 unspecified atom stereocenters. The molecule has 2 rings (SSSR count). The highest BCUT2D eigenvalue weighted by molar-refractivity contribution is 5.79. The first kappa shape index (κ1) is 19.0. The standard InChI is InChI=1S/C21H28N2O2/c1-3-4-13-25-19-12-8-9-17(14-19)15-23-21(24)16(2)20(22)18-10-6-5-7-11-18/h5-12,14,16,20H,3-4,13,15,22H2,1-2H3,(H,23,24). The number of unbranched alkanes of at least 4 members (excludes halogenated alkanes) is 1. The number of benzene rings is 2. The van der Waals surface area contributed by atoms with Crippen molar-refractivity contribution in [2.24, 2.45) is 11.7 Å². The van der Waals surface area contributed by atoms with Crippen LogP contribution < -0.4 is 15.8 Å². The van der Waals surface area contributed by atoms with Gasteiger partial charge in [-0.3, -0.25) is 4.79 Å². The summed E-state index contributed by atoms with van der Waals surface area (Å²) >= 11 is 0. The minimum Gasteiger partial charge on any atom is -0.494 e. The fourth-order valence-electron chi connectivity index (χ4n) is 2.56. The molecule has 25 heavy (non-hydrogen) atoms. The predicted molar refractivity (Wildman–Crippen MR) is 101 cm³/mol. The summed E-state index contributed by atoms with van der Waals surface area (Å²) in [5.41, 5.74) is 8.21. The molecule has 0 heterocycles. The van der Waals surface area contributed by atoms with E-state index in [4.69, 9.17) is 10.5 Å². The number of rotatable bonds is 9. The number of nitrogens with two attached hydrogens (primary N) is 1. The van der Waals surface area contributed by atoms with Crippen LogP contribution in [0.1, 0.15) is 43.9 Å². The van der Waals surface area contributed by atoms with Gasteiger partial charge in [-0.15, -0.1) is 0 Å². The molecule has 2 aromatic rings. The van der Waals surface area contributed by atoms with Crippen molar-refractivity contribution in [3.05, 3.63) is 65.7 Å². The van der Waals surface area contributed by atoms with Gasteiger partial charge in [0.1, 0.15) is 5.75 Å². The molecular weight excluding hydrogens is 312 g/mol. The lowest BCUT2D eigenvalue weighted by Crippen LogP contribution is -2.35. The van der Waals surface area contributed by atoms with Crippen molar-refractivity contribution in [3.63, 3.8) is 0 Å². The van der Waals surface area contributed by atoms with Crippen molar-refractivity contribution >= 4 is 5.91 Å². The van der Waals surface area contributed by atoms with Crippen LogP contribution in [0.15, 0.2) is 54.6 Å². The van der Waals surface area contributed by atoms with Crippen LogP contribution in [0.4, 0.5) is 0 Å². The van der Waals surface area contributed by atoms with Gasteiger partial charge < -0.3 is 15.8 Å². The van der Waals surface area contributed by atoms with E-state index in [1.807, 2.05) is 61.5 Å². The number of hydrogen-bond donors (Lipinski definition) is 2. The van der Waals surface area contributed by atoms with Crippen LogP contribution in [-0.2, 0) is 11.3 Å². The monoisotopic (exact) mass is 340 g/mol. The summed E-state index contributed by atoms with van der Waals surface area (Å²) < 4.78 is 5.70. The second kappa shape index (κ2) is 9.84. The highest BCUT2D eigenvalue weighted by Gasteiger charge is 2.21. The Bertz CT molecular complexity index is 658. The molecular formula is C21H28N2O2. The first-order valence-corrected chi connectivity index (χ1v) is 8.91. The van der Waals surface area contributed by atoms with Crippen LogP contribution in [0.5, 0.6) is 5.75 Å². The average Bonchev–Trinajstić information content (AvgIpc) is 2.66. The third kappa shape index (κ3) is 5.91. The lowest BCUT2D eigenvalue weighted by Gasteiger charge is -2.20. The maximum absolute atomic E-state index is 12.4. The maximum atomic E-state index is 12.4. The molecule has 0 radical (unpaired) electrons. The summed E-state index contributed by atoms with van der Waals surface area (Å²) in [4.78, 5) is 12.4. The van der Waals surface area contributed by atoms with Crippen molar-refractivity contribution in [1.82, 2.24) is 5.32 Å². The van der Waals surface area contributed by atoms with Crippen molar-refractivity contribution in [2.45, 2.75) is 39.3 Å². The molecule has 0 aromatic heterocycles. The van der Waals surface area contributed by atoms with Gasteiger partial charge in [0.25, 0.3) is 0 Å². The largest absolute Gasteiger partial charge is 0.494 e. The van der Waals surface area contributed by atoms with E-state index in [1.165, 1.54) is 0 Å². The summed E-state index contributed by atoms with van der Waals surface area (Å²) in [6, 6.07) is 17.2. The van der Waals surface area contributed by atoms with Gasteiger partial charge in [0.15, 0.2) is 0 Å². The Morgan fingerprint density at radius 3 is 2.64 bits per heavy atom. The van der Waals surface area contributed by atoms with Gasteiger partial charge in [-0.25, -0.2) is 0 Å². The summed E-state index contributed by atoms with van der Waals surface area (Å²) in [6.45, 7) is 5.18. The minimum absolute atomic E-state index is 0.0475. The van der Waals surface area contributed by atoms with Crippen LogP contribution in [0.3, 0.4) is 0 Å². The molecule has 0 fully saturated rings. The summed E-state index contributed by atoms with van der Waals surface area (Å²) in [7, 11) is 0. The van der Waals surface area contributed by atoms with E-state index >= 15 is 0 Å². The minimum atomic E-state index is -0.315. The van der Waals surface area contributed by atoms with E-state index in [0.717, 1.165) is 36.3 Å². The van der Waals surface area contributed by atoms with Crippen molar-refractivity contribution < 1.29 is 9.53 Å². The van der Waals surface area contributed by atoms with Crippen LogP contribution in [-0.4, -0.2) is 12.5 Å². The number of amides is 1.